The third-order valence-electron chi connectivity index (χ3n) is 4.95. The zero-order chi connectivity index (χ0) is 18.9. The summed E-state index contributed by atoms with van der Waals surface area (Å²) < 4.78 is 13.5. The van der Waals surface area contributed by atoms with Crippen LogP contribution < -0.4 is 14.8 Å². The summed E-state index contributed by atoms with van der Waals surface area (Å²) in [6.45, 7) is 1.50. The SMILES string of the molecule is O=C(NCc1cccc2c1OCCO2)c1c(-n2cccc2)sc2c1CCSC2. The Morgan fingerprint density at radius 2 is 2.00 bits per heavy atom. The minimum absolute atomic E-state index is 0.0255. The van der Waals surface area contributed by atoms with Gasteiger partial charge in [-0.2, -0.15) is 11.8 Å². The summed E-state index contributed by atoms with van der Waals surface area (Å²) in [6.07, 6.45) is 4.94. The average Bonchev–Trinajstić information content (AvgIpc) is 3.39. The van der Waals surface area contributed by atoms with E-state index in [4.69, 9.17) is 9.47 Å². The predicted octanol–water partition coefficient (Wildman–Crippen LogP) is 4.03. The van der Waals surface area contributed by atoms with E-state index in [9.17, 15) is 4.79 Å². The Balaban J connectivity index is 1.44. The van der Waals surface area contributed by atoms with E-state index in [2.05, 4.69) is 5.32 Å². The molecule has 4 heterocycles. The van der Waals surface area contributed by atoms with Gasteiger partial charge in [0.25, 0.3) is 5.91 Å². The normalized spacial score (nSPS) is 15.1. The Hall–Kier alpha value is -2.38. The fourth-order valence-electron chi connectivity index (χ4n) is 3.64. The van der Waals surface area contributed by atoms with Crippen molar-refractivity contribution in [1.29, 1.82) is 0 Å². The van der Waals surface area contributed by atoms with Gasteiger partial charge in [0.05, 0.1) is 5.56 Å². The lowest BCUT2D eigenvalue weighted by molar-refractivity contribution is 0.0949. The molecule has 144 valence electrons. The lowest BCUT2D eigenvalue weighted by Crippen LogP contribution is -2.26. The van der Waals surface area contributed by atoms with Gasteiger partial charge in [-0.3, -0.25) is 4.79 Å². The number of para-hydroxylation sites is 1. The molecule has 0 fully saturated rings. The first-order valence-corrected chi connectivity index (χ1v) is 11.3. The maximum absolute atomic E-state index is 13.2. The number of nitrogens with zero attached hydrogens (tertiary/aromatic N) is 1. The number of nitrogens with one attached hydrogen (secondary N) is 1. The molecule has 2 aliphatic heterocycles. The fourth-order valence-corrected chi connectivity index (χ4v) is 6.08. The van der Waals surface area contributed by atoms with Gasteiger partial charge in [-0.1, -0.05) is 12.1 Å². The zero-order valence-electron chi connectivity index (χ0n) is 15.3. The van der Waals surface area contributed by atoms with Crippen LogP contribution in [-0.4, -0.2) is 29.4 Å². The summed E-state index contributed by atoms with van der Waals surface area (Å²) in [7, 11) is 0. The van der Waals surface area contributed by atoms with Crippen LogP contribution in [-0.2, 0) is 18.7 Å². The Morgan fingerprint density at radius 1 is 1.14 bits per heavy atom. The van der Waals surface area contributed by atoms with E-state index in [1.165, 1.54) is 10.4 Å². The smallest absolute Gasteiger partial charge is 0.254 e. The number of carbonyl (C=O) groups is 1. The summed E-state index contributed by atoms with van der Waals surface area (Å²) in [6, 6.07) is 9.78. The highest BCUT2D eigenvalue weighted by Crippen LogP contribution is 2.38. The van der Waals surface area contributed by atoms with Crippen LogP contribution in [0.4, 0.5) is 0 Å². The van der Waals surface area contributed by atoms with Crippen LogP contribution in [0.3, 0.4) is 0 Å². The quantitative estimate of drug-likeness (QED) is 0.703. The minimum atomic E-state index is -0.0255. The Morgan fingerprint density at radius 3 is 2.89 bits per heavy atom. The molecule has 0 bridgehead atoms. The molecule has 1 N–H and O–H groups in total. The largest absolute Gasteiger partial charge is 0.486 e. The highest BCUT2D eigenvalue weighted by atomic mass is 32.2. The van der Waals surface area contributed by atoms with Crippen molar-refractivity contribution in [2.45, 2.75) is 18.7 Å². The summed E-state index contributed by atoms with van der Waals surface area (Å²) in [5.41, 5.74) is 2.96. The Labute approximate surface area is 171 Å². The lowest BCUT2D eigenvalue weighted by atomic mass is 10.1. The molecule has 2 aliphatic rings. The zero-order valence-corrected chi connectivity index (χ0v) is 16.9. The molecule has 0 radical (unpaired) electrons. The molecule has 28 heavy (non-hydrogen) atoms. The van der Waals surface area contributed by atoms with Crippen LogP contribution in [0.25, 0.3) is 5.00 Å². The number of fused-ring (bicyclic) bond motifs is 2. The Bertz CT molecular complexity index is 1010. The third kappa shape index (κ3) is 3.18. The number of hydrogen-bond acceptors (Lipinski definition) is 5. The van der Waals surface area contributed by atoms with E-state index in [1.54, 1.807) is 11.3 Å². The highest BCUT2D eigenvalue weighted by molar-refractivity contribution is 7.98. The maximum Gasteiger partial charge on any atom is 0.254 e. The van der Waals surface area contributed by atoms with E-state index in [1.807, 2.05) is 59.1 Å². The number of carbonyl (C=O) groups excluding carboxylic acids is 1. The molecule has 1 aromatic carbocycles. The monoisotopic (exact) mass is 412 g/mol. The molecular formula is C21H20N2O3S2. The molecule has 0 spiro atoms. The molecule has 0 atom stereocenters. The van der Waals surface area contributed by atoms with Gasteiger partial charge < -0.3 is 19.4 Å². The second kappa shape index (κ2) is 7.56. The number of ether oxygens (including phenoxy) is 2. The van der Waals surface area contributed by atoms with E-state index in [0.29, 0.717) is 19.8 Å². The summed E-state index contributed by atoms with van der Waals surface area (Å²) >= 11 is 3.66. The van der Waals surface area contributed by atoms with E-state index >= 15 is 0 Å². The molecule has 7 heteroatoms. The van der Waals surface area contributed by atoms with Gasteiger partial charge in [0.1, 0.15) is 18.2 Å². The number of thioether (sulfide) groups is 1. The first kappa shape index (κ1) is 17.7. The number of rotatable bonds is 4. The van der Waals surface area contributed by atoms with Gasteiger partial charge in [-0.05, 0) is 35.9 Å². The Kier molecular flexibility index (Phi) is 4.78. The van der Waals surface area contributed by atoms with Crippen molar-refractivity contribution in [3.8, 4) is 16.5 Å². The molecule has 5 nitrogen and oxygen atoms in total. The second-order valence-electron chi connectivity index (χ2n) is 6.70. The van der Waals surface area contributed by atoms with Gasteiger partial charge in [0, 0.05) is 35.1 Å². The summed E-state index contributed by atoms with van der Waals surface area (Å²) in [4.78, 5) is 14.6. The van der Waals surface area contributed by atoms with Crippen LogP contribution in [0.15, 0.2) is 42.7 Å². The van der Waals surface area contributed by atoms with Gasteiger partial charge in [-0.15, -0.1) is 11.3 Å². The number of thiophene rings is 1. The van der Waals surface area contributed by atoms with Crippen molar-refractivity contribution in [2.24, 2.45) is 0 Å². The predicted molar refractivity (Wildman–Crippen MR) is 112 cm³/mol. The average molecular weight is 413 g/mol. The molecule has 0 unspecified atom stereocenters. The third-order valence-corrected chi connectivity index (χ3v) is 7.37. The fraction of sp³-hybridized carbons (Fsp3) is 0.286. The topological polar surface area (TPSA) is 52.5 Å². The first-order valence-electron chi connectivity index (χ1n) is 9.32. The highest BCUT2D eigenvalue weighted by Gasteiger charge is 2.26. The second-order valence-corrected chi connectivity index (χ2v) is 8.89. The van der Waals surface area contributed by atoms with E-state index in [-0.39, 0.29) is 5.91 Å². The van der Waals surface area contributed by atoms with Crippen molar-refractivity contribution < 1.29 is 14.3 Å². The number of amides is 1. The molecule has 0 aliphatic carbocycles. The van der Waals surface area contributed by atoms with Crippen molar-refractivity contribution >= 4 is 29.0 Å². The van der Waals surface area contributed by atoms with Gasteiger partial charge in [-0.25, -0.2) is 0 Å². The minimum Gasteiger partial charge on any atom is -0.486 e. The molecular weight excluding hydrogens is 392 g/mol. The van der Waals surface area contributed by atoms with Crippen LogP contribution in [0.2, 0.25) is 0 Å². The van der Waals surface area contributed by atoms with Crippen molar-refractivity contribution in [3.63, 3.8) is 0 Å². The standard InChI is InChI=1S/C21H20N2O3S2/c24-20(22-12-14-4-3-5-16-19(14)26-10-9-25-16)18-15-6-11-27-13-17(15)28-21(18)23-7-1-2-8-23/h1-5,7-8H,6,9-13H2,(H,22,24). The molecule has 3 aromatic rings. The van der Waals surface area contributed by atoms with Gasteiger partial charge in [0.15, 0.2) is 11.5 Å². The van der Waals surface area contributed by atoms with Gasteiger partial charge >= 0.3 is 0 Å². The van der Waals surface area contributed by atoms with Crippen molar-refractivity contribution in [3.05, 3.63) is 64.3 Å². The molecule has 0 saturated heterocycles. The van der Waals surface area contributed by atoms with Crippen LogP contribution in [0, 0.1) is 0 Å². The number of hydrogen-bond donors (Lipinski definition) is 1. The van der Waals surface area contributed by atoms with E-state index < -0.39 is 0 Å². The van der Waals surface area contributed by atoms with Crippen LogP contribution >= 0.6 is 23.1 Å². The summed E-state index contributed by atoms with van der Waals surface area (Å²) in [5.74, 6) is 3.51. The molecule has 2 aromatic heterocycles. The summed E-state index contributed by atoms with van der Waals surface area (Å²) in [5, 5.41) is 4.12. The molecule has 0 saturated carbocycles. The van der Waals surface area contributed by atoms with Gasteiger partial charge in [0.2, 0.25) is 0 Å². The molecule has 5 rings (SSSR count). The first-order chi connectivity index (χ1) is 13.8. The van der Waals surface area contributed by atoms with Crippen molar-refractivity contribution in [2.75, 3.05) is 19.0 Å². The maximum atomic E-state index is 13.2. The molecule has 1 amide bonds. The number of benzene rings is 1. The van der Waals surface area contributed by atoms with Crippen LogP contribution in [0.5, 0.6) is 11.5 Å². The van der Waals surface area contributed by atoms with Crippen molar-refractivity contribution in [1.82, 2.24) is 9.88 Å². The van der Waals surface area contributed by atoms with E-state index in [0.717, 1.165) is 45.6 Å². The van der Waals surface area contributed by atoms with Crippen LogP contribution in [0.1, 0.15) is 26.4 Å². The lowest BCUT2D eigenvalue weighted by Gasteiger charge is -2.21. The number of aromatic nitrogens is 1.